The van der Waals surface area contributed by atoms with Crippen LogP contribution in [0.2, 0.25) is 0 Å². The van der Waals surface area contributed by atoms with Gasteiger partial charge in [-0.05, 0) is 44.6 Å². The van der Waals surface area contributed by atoms with Gasteiger partial charge in [0.15, 0.2) is 0 Å². The molecule has 1 aliphatic rings. The highest BCUT2D eigenvalue weighted by Gasteiger charge is 2.31. The predicted octanol–water partition coefficient (Wildman–Crippen LogP) is 4.27. The van der Waals surface area contributed by atoms with E-state index in [1.807, 2.05) is 13.8 Å². The fraction of sp³-hybridized carbons (Fsp3) is 0.515. The van der Waals surface area contributed by atoms with E-state index in [0.717, 1.165) is 18.4 Å². The van der Waals surface area contributed by atoms with Crippen LogP contribution in [0.4, 0.5) is 0 Å². The first-order chi connectivity index (χ1) is 20.3. The minimum atomic E-state index is -1.55. The van der Waals surface area contributed by atoms with Crippen molar-refractivity contribution in [2.45, 2.75) is 89.8 Å². The van der Waals surface area contributed by atoms with E-state index in [1.165, 1.54) is 6.08 Å². The molecule has 0 saturated carbocycles. The minimum absolute atomic E-state index is 0.000892. The maximum atomic E-state index is 11.9. The van der Waals surface area contributed by atoms with Gasteiger partial charge in [-0.1, -0.05) is 85.7 Å². The van der Waals surface area contributed by atoms with Crippen molar-refractivity contribution in [1.82, 2.24) is 0 Å². The van der Waals surface area contributed by atoms with Crippen LogP contribution in [0.3, 0.4) is 0 Å². The molecule has 240 valence electrons. The zero-order valence-electron chi connectivity index (χ0n) is 25.1. The molecule has 0 aromatic carbocycles. The topological polar surface area (TPSA) is 165 Å². The van der Waals surface area contributed by atoms with Gasteiger partial charge < -0.3 is 35.4 Å². The van der Waals surface area contributed by atoms with Gasteiger partial charge in [0.2, 0.25) is 0 Å². The van der Waals surface area contributed by atoms with Crippen LogP contribution in [0.5, 0.6) is 0 Å². The Bertz CT molecular complexity index is 1090. The summed E-state index contributed by atoms with van der Waals surface area (Å²) in [6.07, 6.45) is 14.2. The number of allylic oxidation sites excluding steroid dienone is 10. The average Bonchev–Trinajstić information content (AvgIpc) is 2.97. The molecule has 0 amide bonds. The molecule has 0 aromatic rings. The summed E-state index contributed by atoms with van der Waals surface area (Å²) in [6, 6.07) is 0. The van der Waals surface area contributed by atoms with Crippen LogP contribution >= 0.6 is 11.6 Å². The van der Waals surface area contributed by atoms with Crippen LogP contribution < -0.4 is 0 Å². The minimum Gasteiger partial charge on any atom is -0.478 e. The van der Waals surface area contributed by atoms with Gasteiger partial charge in [0.05, 0.1) is 31.0 Å². The Balaban J connectivity index is 2.50. The number of aliphatic carboxylic acids is 1. The van der Waals surface area contributed by atoms with Crippen molar-refractivity contribution in [2.75, 3.05) is 6.61 Å². The molecule has 0 heterocycles. The lowest BCUT2D eigenvalue weighted by Gasteiger charge is -2.28. The van der Waals surface area contributed by atoms with Crippen molar-refractivity contribution in [3.05, 3.63) is 83.0 Å². The fourth-order valence-corrected chi connectivity index (χ4v) is 4.51. The molecule has 0 saturated heterocycles. The maximum absolute atomic E-state index is 11.9. The Kier molecular flexibility index (Phi) is 18.7. The van der Waals surface area contributed by atoms with Gasteiger partial charge in [-0.15, -0.1) is 0 Å². The van der Waals surface area contributed by atoms with Crippen molar-refractivity contribution in [1.29, 1.82) is 0 Å². The lowest BCUT2D eigenvalue weighted by molar-refractivity contribution is -0.139. The number of hydrogen-bond acceptors (Lipinski definition) is 8. The van der Waals surface area contributed by atoms with Gasteiger partial charge in [-0.2, -0.15) is 0 Å². The van der Waals surface area contributed by atoms with Crippen molar-refractivity contribution in [2.24, 2.45) is 11.8 Å². The highest BCUT2D eigenvalue weighted by Crippen LogP contribution is 2.25. The Morgan fingerprint density at radius 3 is 2.37 bits per heavy atom. The van der Waals surface area contributed by atoms with Crippen molar-refractivity contribution in [3.8, 4) is 0 Å². The van der Waals surface area contributed by atoms with Crippen molar-refractivity contribution < 1.29 is 45.0 Å². The van der Waals surface area contributed by atoms with Crippen LogP contribution in [0.1, 0.15) is 59.3 Å². The predicted molar refractivity (Wildman–Crippen MR) is 167 cm³/mol. The Hall–Kier alpha value is -2.79. The molecule has 1 aliphatic carbocycles. The normalized spacial score (nSPS) is 21.2. The molecule has 0 radical (unpaired) electrons. The third-order valence-corrected chi connectivity index (χ3v) is 7.42. The summed E-state index contributed by atoms with van der Waals surface area (Å²) >= 11 is 6.29. The summed E-state index contributed by atoms with van der Waals surface area (Å²) in [5.74, 6) is -2.12. The first-order valence-corrected chi connectivity index (χ1v) is 14.9. The second-order valence-corrected chi connectivity index (χ2v) is 11.2. The summed E-state index contributed by atoms with van der Waals surface area (Å²) in [5, 5.41) is 60.4. The van der Waals surface area contributed by atoms with Gasteiger partial charge in [0.1, 0.15) is 6.10 Å². The number of aliphatic hydroxyl groups excluding tert-OH is 5. The molecule has 6 N–H and O–H groups in total. The Labute approximate surface area is 259 Å². The standard InChI is InChI=1S/C33H47ClO9/c1-4-5-15-26(35)19-27(36)20-29(37)32(40)31(39)23(3)28(34)16-8-6-11-22(2)12-7-9-17-30(38)43-21-24-13-10-14-25(18-24)33(41)42/h5-9,11-12,14-17,23-24,26-27,29,31-32,35-37,39-40H,4,10,13,18-21H2,1-3H3,(H,41,42)/b8-6+,12-7+,15-5+,17-9+,22-11+,28-16-/t23-,24?,26-,27+,29-,31-,32-/m1/s1. The third kappa shape index (κ3) is 16.0. The quantitative estimate of drug-likeness (QED) is 0.0567. The van der Waals surface area contributed by atoms with E-state index in [0.29, 0.717) is 18.4 Å². The van der Waals surface area contributed by atoms with Crippen molar-refractivity contribution >= 4 is 23.5 Å². The molecule has 0 bridgehead atoms. The van der Waals surface area contributed by atoms with Crippen LogP contribution in [-0.2, 0) is 14.3 Å². The molecular formula is C33H47ClO9. The van der Waals surface area contributed by atoms with Crippen LogP contribution in [0.25, 0.3) is 0 Å². The summed E-state index contributed by atoms with van der Waals surface area (Å²) in [7, 11) is 0. The van der Waals surface area contributed by atoms with E-state index in [2.05, 4.69) is 0 Å². The molecule has 10 heteroatoms. The summed E-state index contributed by atoms with van der Waals surface area (Å²) in [4.78, 5) is 23.0. The first-order valence-electron chi connectivity index (χ1n) is 14.6. The zero-order chi connectivity index (χ0) is 32.4. The van der Waals surface area contributed by atoms with E-state index >= 15 is 0 Å². The second-order valence-electron chi connectivity index (χ2n) is 10.7. The summed E-state index contributed by atoms with van der Waals surface area (Å²) in [6.45, 7) is 5.55. The molecule has 1 unspecified atom stereocenters. The number of carbonyl (C=O) groups is 2. The molecule has 1 rings (SSSR count). The second kappa shape index (κ2) is 21.0. The Morgan fingerprint density at radius 2 is 1.70 bits per heavy atom. The van der Waals surface area contributed by atoms with Crippen LogP contribution in [0, 0.1) is 11.8 Å². The molecule has 0 spiro atoms. The number of aliphatic hydroxyl groups is 5. The van der Waals surface area contributed by atoms with E-state index in [-0.39, 0.29) is 30.4 Å². The van der Waals surface area contributed by atoms with Gasteiger partial charge in [-0.3, -0.25) is 0 Å². The van der Waals surface area contributed by atoms with Crippen molar-refractivity contribution in [3.63, 3.8) is 0 Å². The fourth-order valence-electron chi connectivity index (χ4n) is 4.31. The molecule has 7 atom stereocenters. The number of ether oxygens (including phenoxy) is 1. The van der Waals surface area contributed by atoms with E-state index < -0.39 is 48.4 Å². The lowest BCUT2D eigenvalue weighted by atomic mass is 9.89. The van der Waals surface area contributed by atoms with Gasteiger partial charge in [-0.25, -0.2) is 9.59 Å². The average molecular weight is 623 g/mol. The van der Waals surface area contributed by atoms with E-state index in [4.69, 9.17) is 21.4 Å². The molecule has 0 aromatic heterocycles. The largest absolute Gasteiger partial charge is 0.478 e. The number of carboxylic acids is 1. The molecule has 9 nitrogen and oxygen atoms in total. The zero-order valence-corrected chi connectivity index (χ0v) is 25.9. The number of hydrogen-bond donors (Lipinski definition) is 6. The summed E-state index contributed by atoms with van der Waals surface area (Å²) < 4.78 is 5.23. The van der Waals surface area contributed by atoms with Crippen LogP contribution in [-0.4, -0.2) is 79.7 Å². The molecule has 0 aliphatic heterocycles. The van der Waals surface area contributed by atoms with Gasteiger partial charge in [0, 0.05) is 35.4 Å². The first kappa shape index (κ1) is 38.2. The number of esters is 1. The SMILES string of the molecule is CC/C=C/[C@@H](O)C[C@H](O)C[C@@H](O)[C@@H](O)[C@H](O)[C@H](C)/C(Cl)=C/C=C/C=C(C)/C=C/C=C/C(=O)OCC1CCC=C(C(=O)O)C1. The molecule has 0 fully saturated rings. The van der Waals surface area contributed by atoms with Crippen LogP contribution in [0.15, 0.2) is 83.0 Å². The molecular weight excluding hydrogens is 576 g/mol. The monoisotopic (exact) mass is 622 g/mol. The number of carbonyl (C=O) groups excluding carboxylic acids is 1. The van der Waals surface area contributed by atoms with Gasteiger partial charge in [0.25, 0.3) is 0 Å². The summed E-state index contributed by atoms with van der Waals surface area (Å²) in [5.41, 5.74) is 1.23. The molecule has 43 heavy (non-hydrogen) atoms. The Morgan fingerprint density at radius 1 is 1.02 bits per heavy atom. The van der Waals surface area contributed by atoms with Gasteiger partial charge >= 0.3 is 11.9 Å². The lowest BCUT2D eigenvalue weighted by Crippen LogP contribution is -2.42. The highest BCUT2D eigenvalue weighted by atomic mass is 35.5. The number of carboxylic acid groups (broad SMARTS) is 1. The third-order valence-electron chi connectivity index (χ3n) is 6.95. The number of halogens is 1. The smallest absolute Gasteiger partial charge is 0.331 e. The number of rotatable bonds is 18. The van der Waals surface area contributed by atoms with E-state index in [9.17, 15) is 35.1 Å². The maximum Gasteiger partial charge on any atom is 0.331 e. The van der Waals surface area contributed by atoms with E-state index in [1.54, 1.807) is 67.7 Å². The highest BCUT2D eigenvalue weighted by molar-refractivity contribution is 6.30.